The van der Waals surface area contributed by atoms with Crippen molar-refractivity contribution >= 4 is 11.7 Å². The van der Waals surface area contributed by atoms with E-state index in [4.69, 9.17) is 5.26 Å². The summed E-state index contributed by atoms with van der Waals surface area (Å²) < 4.78 is 0. The first-order chi connectivity index (χ1) is 9.79. The van der Waals surface area contributed by atoms with Crippen molar-refractivity contribution in [1.29, 1.82) is 5.26 Å². The Morgan fingerprint density at radius 2 is 2.30 bits per heavy atom. The van der Waals surface area contributed by atoms with Gasteiger partial charge in [-0.25, -0.2) is 4.98 Å². The third-order valence-electron chi connectivity index (χ3n) is 3.26. The van der Waals surface area contributed by atoms with Gasteiger partial charge in [0, 0.05) is 25.2 Å². The van der Waals surface area contributed by atoms with E-state index < -0.39 is 0 Å². The molecule has 1 aromatic rings. The average Bonchev–Trinajstić information content (AvgIpc) is 2.53. The lowest BCUT2D eigenvalue weighted by Crippen LogP contribution is -2.34. The van der Waals surface area contributed by atoms with Crippen molar-refractivity contribution in [2.45, 2.75) is 19.3 Å². The van der Waals surface area contributed by atoms with Gasteiger partial charge in [-0.2, -0.15) is 5.26 Å². The van der Waals surface area contributed by atoms with E-state index in [9.17, 15) is 4.79 Å². The molecule has 1 atom stereocenters. The highest BCUT2D eigenvalue weighted by atomic mass is 16.1. The molecule has 0 unspecified atom stereocenters. The van der Waals surface area contributed by atoms with E-state index in [1.165, 1.54) is 6.20 Å². The number of nitriles is 1. The second-order valence-electron chi connectivity index (χ2n) is 4.74. The summed E-state index contributed by atoms with van der Waals surface area (Å²) in [5, 5.41) is 14.7. The lowest BCUT2D eigenvalue weighted by Gasteiger charge is -2.17. The zero-order valence-electron chi connectivity index (χ0n) is 11.3. The monoisotopic (exact) mass is 270 g/mol. The molecule has 0 saturated carbocycles. The van der Waals surface area contributed by atoms with Gasteiger partial charge in [0.2, 0.25) is 5.91 Å². The highest BCUT2D eigenvalue weighted by Crippen LogP contribution is 2.17. The van der Waals surface area contributed by atoms with Gasteiger partial charge in [0.15, 0.2) is 0 Å². The maximum absolute atomic E-state index is 11.9. The number of hydrogen-bond acceptors (Lipinski definition) is 4. The minimum atomic E-state index is 0.119. The number of anilines is 1. The van der Waals surface area contributed by atoms with Crippen molar-refractivity contribution in [1.82, 2.24) is 10.3 Å². The summed E-state index contributed by atoms with van der Waals surface area (Å²) in [6.45, 7) is 1.19. The molecule has 104 valence electrons. The van der Waals surface area contributed by atoms with Crippen molar-refractivity contribution in [3.05, 3.63) is 36.0 Å². The Morgan fingerprint density at radius 1 is 1.40 bits per heavy atom. The number of carbonyl (C=O) groups excluding carboxylic acids is 1. The van der Waals surface area contributed by atoms with E-state index >= 15 is 0 Å². The Labute approximate surface area is 118 Å². The van der Waals surface area contributed by atoms with E-state index in [1.54, 1.807) is 12.1 Å². The second-order valence-corrected chi connectivity index (χ2v) is 4.74. The second kappa shape index (κ2) is 7.29. The minimum absolute atomic E-state index is 0.119. The fourth-order valence-electron chi connectivity index (χ4n) is 2.12. The summed E-state index contributed by atoms with van der Waals surface area (Å²) in [5.41, 5.74) is 0.536. The van der Waals surface area contributed by atoms with Gasteiger partial charge in [0.25, 0.3) is 0 Å². The molecule has 0 aromatic carbocycles. The largest absolute Gasteiger partial charge is 0.368 e. The highest BCUT2D eigenvalue weighted by Gasteiger charge is 2.17. The third-order valence-corrected chi connectivity index (χ3v) is 3.26. The summed E-state index contributed by atoms with van der Waals surface area (Å²) in [5.74, 6) is 0.954. The standard InChI is InChI=1S/C15H18N4O/c16-10-12-6-7-14(19-11-12)17-8-9-18-15(20)13-4-2-1-3-5-13/h1-2,6-7,11,13H,3-5,8-9H2,(H,17,19)(H,18,20)/t13-/m0/s1. The molecule has 1 heterocycles. The van der Waals surface area contributed by atoms with Crippen LogP contribution >= 0.6 is 0 Å². The molecule has 0 fully saturated rings. The first-order valence-electron chi connectivity index (χ1n) is 6.82. The van der Waals surface area contributed by atoms with Gasteiger partial charge in [0.05, 0.1) is 5.56 Å². The van der Waals surface area contributed by atoms with Crippen molar-refractivity contribution in [3.63, 3.8) is 0 Å². The van der Waals surface area contributed by atoms with Crippen LogP contribution in [-0.4, -0.2) is 24.0 Å². The van der Waals surface area contributed by atoms with Crippen LogP contribution in [-0.2, 0) is 4.79 Å². The molecule has 0 spiro atoms. The number of aromatic nitrogens is 1. The SMILES string of the molecule is N#Cc1ccc(NCCNC(=O)[C@H]2CC=CCC2)nc1. The topological polar surface area (TPSA) is 77.8 Å². The summed E-state index contributed by atoms with van der Waals surface area (Å²) in [7, 11) is 0. The Kier molecular flexibility index (Phi) is 5.13. The van der Waals surface area contributed by atoms with Gasteiger partial charge < -0.3 is 10.6 Å². The van der Waals surface area contributed by atoms with Crippen LogP contribution in [0.2, 0.25) is 0 Å². The summed E-state index contributed by atoms with van der Waals surface area (Å²) in [6, 6.07) is 5.49. The van der Waals surface area contributed by atoms with Crippen LogP contribution in [0.5, 0.6) is 0 Å². The molecule has 1 amide bonds. The van der Waals surface area contributed by atoms with Gasteiger partial charge in [0.1, 0.15) is 11.9 Å². The lowest BCUT2D eigenvalue weighted by molar-refractivity contribution is -0.125. The van der Waals surface area contributed by atoms with Gasteiger partial charge in [-0.3, -0.25) is 4.79 Å². The zero-order valence-corrected chi connectivity index (χ0v) is 11.3. The molecule has 2 N–H and O–H groups in total. The minimum Gasteiger partial charge on any atom is -0.368 e. The van der Waals surface area contributed by atoms with E-state index in [1.807, 2.05) is 6.07 Å². The Morgan fingerprint density at radius 3 is 2.95 bits per heavy atom. The van der Waals surface area contributed by atoms with Gasteiger partial charge in [-0.05, 0) is 31.4 Å². The Hall–Kier alpha value is -2.35. The van der Waals surface area contributed by atoms with Crippen LogP contribution < -0.4 is 10.6 Å². The highest BCUT2D eigenvalue weighted by molar-refractivity contribution is 5.79. The van der Waals surface area contributed by atoms with Crippen LogP contribution in [0.25, 0.3) is 0 Å². The van der Waals surface area contributed by atoms with Crippen LogP contribution in [0.3, 0.4) is 0 Å². The fourth-order valence-corrected chi connectivity index (χ4v) is 2.12. The van der Waals surface area contributed by atoms with Crippen molar-refractivity contribution < 1.29 is 4.79 Å². The molecule has 0 aliphatic heterocycles. The number of nitrogens with zero attached hydrogens (tertiary/aromatic N) is 2. The number of amides is 1. The van der Waals surface area contributed by atoms with Crippen LogP contribution in [0, 0.1) is 17.2 Å². The maximum Gasteiger partial charge on any atom is 0.223 e. The number of hydrogen-bond donors (Lipinski definition) is 2. The number of allylic oxidation sites excluding steroid dienone is 2. The molecule has 20 heavy (non-hydrogen) atoms. The molecular weight excluding hydrogens is 252 g/mol. The summed E-state index contributed by atoms with van der Waals surface area (Å²) in [6.07, 6.45) is 8.50. The van der Waals surface area contributed by atoms with E-state index in [0.29, 0.717) is 24.5 Å². The molecule has 1 aromatic heterocycles. The molecule has 0 saturated heterocycles. The van der Waals surface area contributed by atoms with Crippen LogP contribution in [0.1, 0.15) is 24.8 Å². The Bertz CT molecular complexity index is 516. The van der Waals surface area contributed by atoms with E-state index in [0.717, 1.165) is 19.3 Å². The van der Waals surface area contributed by atoms with E-state index in [2.05, 4.69) is 27.8 Å². The molecule has 0 radical (unpaired) electrons. The molecule has 1 aliphatic carbocycles. The quantitative estimate of drug-likeness (QED) is 0.632. The van der Waals surface area contributed by atoms with Crippen molar-refractivity contribution in [2.75, 3.05) is 18.4 Å². The summed E-state index contributed by atoms with van der Waals surface area (Å²) >= 11 is 0. The number of carbonyl (C=O) groups is 1. The van der Waals surface area contributed by atoms with E-state index in [-0.39, 0.29) is 11.8 Å². The number of nitrogens with one attached hydrogen (secondary N) is 2. The normalized spacial score (nSPS) is 17.2. The summed E-state index contributed by atoms with van der Waals surface area (Å²) in [4.78, 5) is 16.0. The Balaban J connectivity index is 1.67. The van der Waals surface area contributed by atoms with Gasteiger partial charge >= 0.3 is 0 Å². The number of rotatable bonds is 5. The predicted octanol–water partition coefficient (Wildman–Crippen LogP) is 1.84. The fraction of sp³-hybridized carbons (Fsp3) is 0.400. The van der Waals surface area contributed by atoms with Crippen LogP contribution in [0.15, 0.2) is 30.5 Å². The molecule has 1 aliphatic rings. The van der Waals surface area contributed by atoms with Crippen LogP contribution in [0.4, 0.5) is 5.82 Å². The first kappa shape index (κ1) is 14.1. The maximum atomic E-state index is 11.9. The van der Waals surface area contributed by atoms with Crippen molar-refractivity contribution in [3.8, 4) is 6.07 Å². The molecular formula is C15H18N4O. The average molecular weight is 270 g/mol. The van der Waals surface area contributed by atoms with Gasteiger partial charge in [-0.15, -0.1) is 0 Å². The molecule has 5 nitrogen and oxygen atoms in total. The molecule has 2 rings (SSSR count). The molecule has 5 heteroatoms. The third kappa shape index (κ3) is 4.09. The number of pyridine rings is 1. The lowest BCUT2D eigenvalue weighted by atomic mass is 9.94. The van der Waals surface area contributed by atoms with Gasteiger partial charge in [-0.1, -0.05) is 12.2 Å². The molecule has 0 bridgehead atoms. The predicted molar refractivity (Wildman–Crippen MR) is 76.9 cm³/mol. The van der Waals surface area contributed by atoms with Crippen molar-refractivity contribution in [2.24, 2.45) is 5.92 Å². The first-order valence-corrected chi connectivity index (χ1v) is 6.82. The smallest absolute Gasteiger partial charge is 0.223 e. The zero-order chi connectivity index (χ0) is 14.2.